The number of phenols is 1. The van der Waals surface area contributed by atoms with E-state index in [-0.39, 0.29) is 5.92 Å². The molecule has 1 aromatic carbocycles. The van der Waals surface area contributed by atoms with E-state index in [4.69, 9.17) is 0 Å². The zero-order chi connectivity index (χ0) is 17.7. The first kappa shape index (κ1) is 19.2. The molecule has 0 aromatic heterocycles. The fourth-order valence-corrected chi connectivity index (χ4v) is 4.53. The number of hydrogen-bond acceptors (Lipinski definition) is 1. The molecule has 136 valence electrons. The lowest BCUT2D eigenvalue weighted by molar-refractivity contribution is 0.164. The van der Waals surface area contributed by atoms with Crippen molar-refractivity contribution in [3.63, 3.8) is 0 Å². The van der Waals surface area contributed by atoms with Crippen LogP contribution < -0.4 is 0 Å². The minimum atomic E-state index is -1.10. The highest BCUT2D eigenvalue weighted by atomic mass is 19.2. The number of benzene rings is 1. The summed E-state index contributed by atoms with van der Waals surface area (Å²) in [6.07, 6.45) is 9.54. The molecule has 0 radical (unpaired) electrons. The Morgan fingerprint density at radius 1 is 0.792 bits per heavy atom. The lowest BCUT2D eigenvalue weighted by Crippen LogP contribution is -2.25. The summed E-state index contributed by atoms with van der Waals surface area (Å²) in [6, 6.07) is 2.84. The van der Waals surface area contributed by atoms with Crippen molar-refractivity contribution in [2.75, 3.05) is 0 Å². The zero-order valence-corrected chi connectivity index (χ0v) is 15.3. The highest BCUT2D eigenvalue weighted by Crippen LogP contribution is 2.44. The van der Waals surface area contributed by atoms with Crippen LogP contribution >= 0.6 is 0 Å². The van der Waals surface area contributed by atoms with Crippen LogP contribution in [0.15, 0.2) is 12.1 Å². The molecule has 0 amide bonds. The average Bonchev–Trinajstić information content (AvgIpc) is 2.63. The van der Waals surface area contributed by atoms with Crippen LogP contribution in [0.25, 0.3) is 0 Å². The van der Waals surface area contributed by atoms with Gasteiger partial charge in [-0.2, -0.15) is 4.39 Å². The van der Waals surface area contributed by atoms with Gasteiger partial charge in [0.2, 0.25) is 5.82 Å². The van der Waals surface area contributed by atoms with Crippen LogP contribution in [0, 0.1) is 29.4 Å². The standard InChI is InChI=1S/C19H26F2O.C2H6/c1-12-2-4-13(5-3-12)14-6-8-15(9-7-14)16-10-11-17(22)19(21)18(16)20;1-2/h10-15,22H,2-9H2,1H3;1-2H3. The molecule has 0 aliphatic heterocycles. The van der Waals surface area contributed by atoms with Crippen molar-refractivity contribution >= 4 is 0 Å². The van der Waals surface area contributed by atoms with Crippen LogP contribution in [0.3, 0.4) is 0 Å². The summed E-state index contributed by atoms with van der Waals surface area (Å²) in [5, 5.41) is 9.24. The Kier molecular flexibility index (Phi) is 7.06. The predicted octanol–water partition coefficient (Wildman–Crippen LogP) is 6.80. The molecule has 1 nitrogen and oxygen atoms in total. The van der Waals surface area contributed by atoms with Crippen LogP contribution in [-0.2, 0) is 0 Å². The van der Waals surface area contributed by atoms with Crippen LogP contribution in [-0.4, -0.2) is 5.11 Å². The molecule has 0 saturated heterocycles. The monoisotopic (exact) mass is 338 g/mol. The van der Waals surface area contributed by atoms with Crippen molar-refractivity contribution in [3.05, 3.63) is 29.3 Å². The molecule has 2 fully saturated rings. The van der Waals surface area contributed by atoms with E-state index in [9.17, 15) is 13.9 Å². The van der Waals surface area contributed by atoms with E-state index >= 15 is 0 Å². The minimum Gasteiger partial charge on any atom is -0.505 e. The Balaban J connectivity index is 0.00000100. The predicted molar refractivity (Wildman–Crippen MR) is 95.2 cm³/mol. The SMILES string of the molecule is CC.CC1CCC(C2CCC(c3ccc(O)c(F)c3F)CC2)CC1. The van der Waals surface area contributed by atoms with E-state index < -0.39 is 17.4 Å². The molecule has 2 saturated carbocycles. The maximum atomic E-state index is 14.0. The van der Waals surface area contributed by atoms with Gasteiger partial charge >= 0.3 is 0 Å². The second kappa shape index (κ2) is 8.82. The second-order valence-electron chi connectivity index (χ2n) is 7.43. The normalized spacial score (nSPS) is 30.4. The van der Waals surface area contributed by atoms with E-state index in [1.54, 1.807) is 6.07 Å². The number of hydrogen-bond donors (Lipinski definition) is 1. The molecule has 0 spiro atoms. The molecule has 1 N–H and O–H groups in total. The van der Waals surface area contributed by atoms with Crippen molar-refractivity contribution in [2.24, 2.45) is 17.8 Å². The fraction of sp³-hybridized carbons (Fsp3) is 0.714. The fourth-order valence-electron chi connectivity index (χ4n) is 4.53. The highest BCUT2D eigenvalue weighted by molar-refractivity contribution is 5.32. The Morgan fingerprint density at radius 3 is 1.83 bits per heavy atom. The third-order valence-electron chi connectivity index (χ3n) is 6.03. The summed E-state index contributed by atoms with van der Waals surface area (Å²) in [4.78, 5) is 0. The van der Waals surface area contributed by atoms with Crippen molar-refractivity contribution in [2.45, 2.75) is 78.1 Å². The number of halogens is 2. The maximum Gasteiger partial charge on any atom is 0.200 e. The van der Waals surface area contributed by atoms with Gasteiger partial charge in [-0.1, -0.05) is 39.7 Å². The summed E-state index contributed by atoms with van der Waals surface area (Å²) < 4.78 is 27.5. The molecule has 0 bridgehead atoms. The number of rotatable bonds is 2. The topological polar surface area (TPSA) is 20.2 Å². The summed E-state index contributed by atoms with van der Waals surface area (Å²) in [5.74, 6) is 0.0601. The quantitative estimate of drug-likeness (QED) is 0.629. The third kappa shape index (κ3) is 4.29. The molecule has 0 heterocycles. The lowest BCUT2D eigenvalue weighted by atomic mass is 9.68. The van der Waals surface area contributed by atoms with Crippen molar-refractivity contribution in [1.82, 2.24) is 0 Å². The molecule has 2 aliphatic carbocycles. The minimum absolute atomic E-state index is 0.105. The Morgan fingerprint density at radius 2 is 1.29 bits per heavy atom. The van der Waals surface area contributed by atoms with Crippen molar-refractivity contribution in [3.8, 4) is 5.75 Å². The van der Waals surface area contributed by atoms with Crippen LogP contribution in [0.4, 0.5) is 8.78 Å². The van der Waals surface area contributed by atoms with E-state index in [0.29, 0.717) is 5.56 Å². The first-order chi connectivity index (χ1) is 11.6. The average molecular weight is 338 g/mol. The Hall–Kier alpha value is -1.12. The van der Waals surface area contributed by atoms with Gasteiger partial charge in [-0.25, -0.2) is 4.39 Å². The van der Waals surface area contributed by atoms with E-state index in [2.05, 4.69) is 6.92 Å². The first-order valence-corrected chi connectivity index (χ1v) is 9.73. The van der Waals surface area contributed by atoms with Gasteiger partial charge in [0, 0.05) is 0 Å². The third-order valence-corrected chi connectivity index (χ3v) is 6.03. The van der Waals surface area contributed by atoms with Crippen LogP contribution in [0.2, 0.25) is 0 Å². The van der Waals surface area contributed by atoms with Gasteiger partial charge in [-0.3, -0.25) is 0 Å². The van der Waals surface area contributed by atoms with E-state index in [1.165, 1.54) is 31.7 Å². The molecule has 0 unspecified atom stereocenters. The first-order valence-electron chi connectivity index (χ1n) is 9.73. The van der Waals surface area contributed by atoms with Gasteiger partial charge in [-0.15, -0.1) is 0 Å². The van der Waals surface area contributed by atoms with Gasteiger partial charge in [0.25, 0.3) is 0 Å². The summed E-state index contributed by atoms with van der Waals surface area (Å²) in [5.41, 5.74) is 0.450. The Labute approximate surface area is 145 Å². The summed E-state index contributed by atoms with van der Waals surface area (Å²) in [6.45, 7) is 6.34. The lowest BCUT2D eigenvalue weighted by Gasteiger charge is -2.37. The molecule has 2 aliphatic rings. The molecule has 3 rings (SSSR count). The summed E-state index contributed by atoms with van der Waals surface area (Å²) in [7, 11) is 0. The van der Waals surface area contributed by atoms with E-state index in [1.807, 2.05) is 13.8 Å². The largest absolute Gasteiger partial charge is 0.505 e. The maximum absolute atomic E-state index is 14.0. The molecular formula is C21H32F2O. The van der Waals surface area contributed by atoms with Crippen LogP contribution in [0.1, 0.15) is 83.6 Å². The Bertz CT molecular complexity index is 513. The summed E-state index contributed by atoms with van der Waals surface area (Å²) >= 11 is 0. The molecular weight excluding hydrogens is 306 g/mol. The van der Waals surface area contributed by atoms with Gasteiger partial charge in [0.1, 0.15) is 0 Å². The van der Waals surface area contributed by atoms with Crippen molar-refractivity contribution < 1.29 is 13.9 Å². The van der Waals surface area contributed by atoms with Gasteiger partial charge in [-0.05, 0) is 73.8 Å². The van der Waals surface area contributed by atoms with Crippen molar-refractivity contribution in [1.29, 1.82) is 0 Å². The highest BCUT2D eigenvalue weighted by Gasteiger charge is 2.31. The number of phenolic OH excluding ortho intramolecular Hbond substituents is 1. The molecule has 1 aromatic rings. The van der Waals surface area contributed by atoms with Crippen LogP contribution in [0.5, 0.6) is 5.75 Å². The van der Waals surface area contributed by atoms with Gasteiger partial charge in [0.15, 0.2) is 11.6 Å². The van der Waals surface area contributed by atoms with E-state index in [0.717, 1.165) is 43.4 Å². The number of aromatic hydroxyl groups is 1. The van der Waals surface area contributed by atoms with Gasteiger partial charge < -0.3 is 5.11 Å². The molecule has 0 atom stereocenters. The molecule has 24 heavy (non-hydrogen) atoms. The smallest absolute Gasteiger partial charge is 0.200 e. The zero-order valence-electron chi connectivity index (χ0n) is 15.3. The molecule has 3 heteroatoms. The van der Waals surface area contributed by atoms with Gasteiger partial charge in [0.05, 0.1) is 0 Å². The second-order valence-corrected chi connectivity index (χ2v) is 7.43.